The fraction of sp³-hybridized carbons (Fsp3) is 0.405. The smallest absolute Gasteiger partial charge is 0.294 e. The number of rotatable bonds is 9. The van der Waals surface area contributed by atoms with Crippen molar-refractivity contribution in [2.24, 2.45) is 25.2 Å². The Morgan fingerprint density at radius 3 is 2.61 bits per heavy atom. The lowest BCUT2D eigenvalue weighted by Gasteiger charge is -2.53. The van der Waals surface area contributed by atoms with Crippen LogP contribution in [0, 0.1) is 5.41 Å². The summed E-state index contributed by atoms with van der Waals surface area (Å²) in [5.74, 6) is -0.667. The van der Waals surface area contributed by atoms with Crippen LogP contribution in [0.2, 0.25) is 5.02 Å². The van der Waals surface area contributed by atoms with Gasteiger partial charge >= 0.3 is 0 Å². The number of carbonyl (C=O) groups excluding carboxylic acids is 3. The first-order valence-corrected chi connectivity index (χ1v) is 18.3. The Labute approximate surface area is 314 Å². The molecule has 8 rings (SSSR count). The lowest BCUT2D eigenvalue weighted by atomic mass is 9.67. The fourth-order valence-electron chi connectivity index (χ4n) is 7.97. The number of primary amides is 1. The molecule has 1 aliphatic carbocycles. The second-order valence-corrected chi connectivity index (χ2v) is 15.1. The fourth-order valence-corrected chi connectivity index (χ4v) is 8.11. The van der Waals surface area contributed by atoms with Gasteiger partial charge in [-0.05, 0) is 57.2 Å². The van der Waals surface area contributed by atoms with Crippen molar-refractivity contribution >= 4 is 74.4 Å². The predicted molar refractivity (Wildman–Crippen MR) is 203 cm³/mol. The summed E-state index contributed by atoms with van der Waals surface area (Å²) in [7, 11) is 3.47. The highest BCUT2D eigenvalue weighted by atomic mass is 35.5. The number of hydrogen-bond donors (Lipinski definition) is 4. The zero-order chi connectivity index (χ0) is 37.9. The second kappa shape index (κ2) is 13.6. The molecule has 17 heteroatoms. The first-order valence-electron chi connectivity index (χ1n) is 17.9. The number of halogens is 1. The van der Waals surface area contributed by atoms with Crippen molar-refractivity contribution in [3.63, 3.8) is 0 Å². The van der Waals surface area contributed by atoms with Crippen molar-refractivity contribution in [2.75, 3.05) is 28.6 Å². The number of ether oxygens (including phenoxy) is 1. The van der Waals surface area contributed by atoms with Gasteiger partial charge in [0.15, 0.2) is 17.7 Å². The van der Waals surface area contributed by atoms with E-state index in [0.717, 1.165) is 55.4 Å². The first kappa shape index (κ1) is 35.3. The second-order valence-electron chi connectivity index (χ2n) is 14.7. The quantitative estimate of drug-likeness (QED) is 0.159. The van der Waals surface area contributed by atoms with Gasteiger partial charge in [-0.2, -0.15) is 10.1 Å². The third-order valence-electron chi connectivity index (χ3n) is 10.9. The number of aromatic nitrogens is 6. The Morgan fingerprint density at radius 2 is 1.87 bits per heavy atom. The van der Waals surface area contributed by atoms with E-state index in [9.17, 15) is 19.2 Å². The standard InChI is InChI=1S/C37H40ClN11O5/c1-19(31(39)51)54-27-14-20-13-22(15-40-33(20)47(2)35(27)53)43-32-25(38)16-41-36(45-32)49-17-37(18-49)11-9-21(10-12-37)42-26-6-4-5-23-29(46-48(3)30(23)26)24-7-8-28(50)44-34(24)52/h4-6,13-16,19,21,24,42H,7-12,17-18H2,1-3H3,(H2,39,51)(H,41,43,45)(H,44,50,52). The molecule has 5 aromatic rings. The van der Waals surface area contributed by atoms with Crippen molar-refractivity contribution < 1.29 is 19.1 Å². The van der Waals surface area contributed by atoms with Crippen LogP contribution in [0.4, 0.5) is 23.1 Å². The van der Waals surface area contributed by atoms with Crippen LogP contribution in [-0.2, 0) is 28.5 Å². The molecule has 3 amide bonds. The molecule has 2 unspecified atom stereocenters. The van der Waals surface area contributed by atoms with E-state index >= 15 is 0 Å². The maximum atomic E-state index is 12.8. The van der Waals surface area contributed by atoms with E-state index in [0.29, 0.717) is 58.1 Å². The van der Waals surface area contributed by atoms with Crippen molar-refractivity contribution in [1.82, 2.24) is 34.6 Å². The number of nitrogens with zero attached hydrogens (tertiary/aromatic N) is 7. The van der Waals surface area contributed by atoms with E-state index in [1.54, 1.807) is 25.5 Å². The van der Waals surface area contributed by atoms with Crippen LogP contribution in [0.3, 0.4) is 0 Å². The summed E-state index contributed by atoms with van der Waals surface area (Å²) in [6.07, 6.45) is 7.07. The van der Waals surface area contributed by atoms with Crippen molar-refractivity contribution in [1.29, 1.82) is 0 Å². The Kier molecular flexibility index (Phi) is 8.87. The number of pyridine rings is 2. The highest BCUT2D eigenvalue weighted by Gasteiger charge is 2.46. The largest absolute Gasteiger partial charge is 0.475 e. The molecule has 3 fully saturated rings. The molecule has 0 radical (unpaired) electrons. The molecule has 280 valence electrons. The van der Waals surface area contributed by atoms with Crippen LogP contribution in [0.25, 0.3) is 21.9 Å². The molecule has 2 saturated heterocycles. The van der Waals surface area contributed by atoms with E-state index in [4.69, 9.17) is 32.2 Å². The molecule has 3 aliphatic rings. The summed E-state index contributed by atoms with van der Waals surface area (Å²) in [5, 5.41) is 16.1. The summed E-state index contributed by atoms with van der Waals surface area (Å²) in [5.41, 5.74) is 8.74. The SMILES string of the molecule is CC(Oc1cc2cc(Nc3nc(N4CC5(CCC(Nc6cccc7c(C8CCC(=O)NC8=O)nn(C)c67)CC5)C4)ncc3Cl)cnc2n(C)c1=O)C(N)=O. The maximum Gasteiger partial charge on any atom is 0.294 e. The number of imide groups is 1. The van der Waals surface area contributed by atoms with Gasteiger partial charge in [0.05, 0.1) is 40.9 Å². The van der Waals surface area contributed by atoms with Crippen molar-refractivity contribution in [3.8, 4) is 5.75 Å². The molecule has 4 aromatic heterocycles. The van der Waals surface area contributed by atoms with Gasteiger partial charge in [0.1, 0.15) is 10.7 Å². The molecular formula is C37H40ClN11O5. The number of hydrogen-bond acceptors (Lipinski definition) is 12. The summed E-state index contributed by atoms with van der Waals surface area (Å²) in [4.78, 5) is 64.6. The minimum absolute atomic E-state index is 0.0134. The van der Waals surface area contributed by atoms with Gasteiger partial charge in [-0.3, -0.25) is 33.7 Å². The lowest BCUT2D eigenvalue weighted by Crippen LogP contribution is -2.59. The first-order chi connectivity index (χ1) is 25.9. The molecule has 54 heavy (non-hydrogen) atoms. The Bertz CT molecular complexity index is 2400. The molecule has 2 aliphatic heterocycles. The summed E-state index contributed by atoms with van der Waals surface area (Å²) < 4.78 is 8.71. The van der Waals surface area contributed by atoms with Gasteiger partial charge in [-0.25, -0.2) is 9.97 Å². The third kappa shape index (κ3) is 6.44. The van der Waals surface area contributed by atoms with E-state index in [-0.39, 0.29) is 23.0 Å². The highest BCUT2D eigenvalue weighted by Crippen LogP contribution is 2.46. The zero-order valence-corrected chi connectivity index (χ0v) is 30.8. The minimum atomic E-state index is -0.980. The predicted octanol–water partition coefficient (Wildman–Crippen LogP) is 3.64. The normalized spacial score (nSPS) is 19.1. The number of para-hydroxylation sites is 1. The minimum Gasteiger partial charge on any atom is -0.475 e. The van der Waals surface area contributed by atoms with Gasteiger partial charge in [-0.1, -0.05) is 23.7 Å². The van der Waals surface area contributed by atoms with Crippen LogP contribution >= 0.6 is 11.6 Å². The van der Waals surface area contributed by atoms with Crippen molar-refractivity contribution in [2.45, 2.75) is 63.5 Å². The van der Waals surface area contributed by atoms with E-state index < -0.39 is 23.5 Å². The number of piperidine rings is 1. The van der Waals surface area contributed by atoms with Gasteiger partial charge in [0.25, 0.3) is 11.5 Å². The van der Waals surface area contributed by atoms with Crippen LogP contribution < -0.4 is 36.9 Å². The molecule has 1 saturated carbocycles. The third-order valence-corrected chi connectivity index (χ3v) is 11.2. The Balaban J connectivity index is 0.914. The van der Waals surface area contributed by atoms with Crippen LogP contribution in [0.1, 0.15) is 57.1 Å². The Hall–Kier alpha value is -5.77. The average Bonchev–Trinajstić information content (AvgIpc) is 3.47. The summed E-state index contributed by atoms with van der Waals surface area (Å²) in [6.45, 7) is 3.16. The number of amides is 3. The van der Waals surface area contributed by atoms with Crippen molar-refractivity contribution in [3.05, 3.63) is 63.8 Å². The topological polar surface area (TPSA) is 204 Å². The molecular weight excluding hydrogens is 714 g/mol. The van der Waals surface area contributed by atoms with Gasteiger partial charge < -0.3 is 26.0 Å². The molecule has 16 nitrogen and oxygen atoms in total. The number of benzene rings is 1. The zero-order valence-electron chi connectivity index (χ0n) is 30.1. The molecule has 5 N–H and O–H groups in total. The lowest BCUT2D eigenvalue weighted by molar-refractivity contribution is -0.134. The van der Waals surface area contributed by atoms with Crippen LogP contribution in [0.5, 0.6) is 5.75 Å². The molecule has 0 bridgehead atoms. The Morgan fingerprint density at radius 1 is 1.09 bits per heavy atom. The van der Waals surface area contributed by atoms with Crippen LogP contribution in [0.15, 0.2) is 47.5 Å². The number of fused-ring (bicyclic) bond motifs is 2. The summed E-state index contributed by atoms with van der Waals surface area (Å²) >= 11 is 6.53. The van der Waals surface area contributed by atoms with E-state index in [2.05, 4.69) is 36.9 Å². The number of carbonyl (C=O) groups is 3. The highest BCUT2D eigenvalue weighted by molar-refractivity contribution is 6.33. The van der Waals surface area contributed by atoms with Crippen LogP contribution in [-0.4, -0.2) is 72.3 Å². The average molecular weight is 754 g/mol. The number of nitrogens with one attached hydrogen (secondary N) is 3. The van der Waals surface area contributed by atoms with E-state index in [1.165, 1.54) is 17.6 Å². The number of aryl methyl sites for hydroxylation is 2. The number of nitrogens with two attached hydrogens (primary N) is 1. The molecule has 6 heterocycles. The molecule has 1 aromatic carbocycles. The van der Waals surface area contributed by atoms with Gasteiger partial charge in [0.2, 0.25) is 17.8 Å². The number of anilines is 4. The maximum absolute atomic E-state index is 12.8. The molecule has 2 atom stereocenters. The van der Waals surface area contributed by atoms with E-state index in [1.807, 2.05) is 23.9 Å². The van der Waals surface area contributed by atoms with Gasteiger partial charge in [-0.15, -0.1) is 0 Å². The summed E-state index contributed by atoms with van der Waals surface area (Å²) in [6, 6.07) is 9.66. The van der Waals surface area contributed by atoms with Gasteiger partial charge in [0, 0.05) is 55.8 Å². The monoisotopic (exact) mass is 753 g/mol. The molecule has 1 spiro atoms.